The number of allylic oxidation sites excluding steroid dienone is 5. The van der Waals surface area contributed by atoms with E-state index in [0.29, 0.717) is 37.7 Å². The average molecular weight is 609 g/mol. The smallest absolute Gasteiger partial charge is 0.236 e. The number of carbonyl (C=O) groups excluding carboxylic acids is 1. The van der Waals surface area contributed by atoms with E-state index in [2.05, 4.69) is 25.5 Å². The van der Waals surface area contributed by atoms with Crippen molar-refractivity contribution in [3.8, 4) is 11.3 Å². The van der Waals surface area contributed by atoms with Crippen LogP contribution in [0, 0.1) is 0 Å². The molecule has 2 heterocycles. The Labute approximate surface area is 251 Å². The lowest BCUT2D eigenvalue weighted by Gasteiger charge is -2.35. The average Bonchev–Trinajstić information content (AvgIpc) is 2.93. The second kappa shape index (κ2) is 13.6. The Hall–Kier alpha value is -4.19. The van der Waals surface area contributed by atoms with Crippen LogP contribution < -0.4 is 15.5 Å². The van der Waals surface area contributed by atoms with Gasteiger partial charge >= 0.3 is 0 Å². The van der Waals surface area contributed by atoms with Crippen LogP contribution in [0.2, 0.25) is 0 Å². The van der Waals surface area contributed by atoms with Gasteiger partial charge in [-0.25, -0.2) is 18.4 Å². The van der Waals surface area contributed by atoms with Gasteiger partial charge in [0.05, 0.1) is 11.5 Å². The summed E-state index contributed by atoms with van der Waals surface area (Å²) >= 11 is 6.03. The molecule has 12 heteroatoms. The summed E-state index contributed by atoms with van der Waals surface area (Å²) in [6.45, 7) is 6.41. The fourth-order valence-electron chi connectivity index (χ4n) is 4.39. The number of nitrogens with one attached hydrogen (secondary N) is 2. The molecule has 1 aliphatic rings. The zero-order valence-electron chi connectivity index (χ0n) is 23.6. The molecular weight excluding hydrogens is 576 g/mol. The van der Waals surface area contributed by atoms with Gasteiger partial charge in [0.2, 0.25) is 21.9 Å². The number of hydrogen-bond acceptors (Lipinski definition) is 8. The maximum absolute atomic E-state index is 12.9. The number of amides is 1. The molecule has 0 radical (unpaired) electrons. The topological polar surface area (TPSA) is 128 Å². The number of piperazine rings is 1. The molecule has 0 aliphatic carbocycles. The van der Waals surface area contributed by atoms with Crippen molar-refractivity contribution >= 4 is 50.5 Å². The number of aromatic nitrogens is 2. The fourth-order valence-corrected chi connectivity index (χ4v) is 6.08. The lowest BCUT2D eigenvalue weighted by molar-refractivity contribution is -0.114. The maximum Gasteiger partial charge on any atom is 0.236 e. The minimum Gasteiger partial charge on any atom is -0.513 e. The predicted octanol–water partition coefficient (Wildman–Crippen LogP) is 5.79. The van der Waals surface area contributed by atoms with Crippen molar-refractivity contribution in [2.45, 2.75) is 20.8 Å². The van der Waals surface area contributed by atoms with E-state index in [4.69, 9.17) is 11.6 Å². The van der Waals surface area contributed by atoms with Gasteiger partial charge in [0.1, 0.15) is 0 Å². The molecule has 3 aromatic rings. The van der Waals surface area contributed by atoms with E-state index in [1.807, 2.05) is 54.6 Å². The number of aliphatic hydroxyl groups excluding tert-OH is 1. The van der Waals surface area contributed by atoms with Gasteiger partial charge in [-0.2, -0.15) is 4.31 Å². The van der Waals surface area contributed by atoms with E-state index >= 15 is 0 Å². The van der Waals surface area contributed by atoms with Crippen LogP contribution in [-0.4, -0.2) is 59.9 Å². The van der Waals surface area contributed by atoms with Gasteiger partial charge in [-0.3, -0.25) is 4.79 Å². The van der Waals surface area contributed by atoms with E-state index in [9.17, 15) is 18.3 Å². The van der Waals surface area contributed by atoms with Gasteiger partial charge in [0.25, 0.3) is 0 Å². The summed E-state index contributed by atoms with van der Waals surface area (Å²) in [6.07, 6.45) is 4.54. The molecular formula is C30H33ClN6O4S. The van der Waals surface area contributed by atoms with Crippen LogP contribution in [0.15, 0.2) is 94.7 Å². The summed E-state index contributed by atoms with van der Waals surface area (Å²) in [4.78, 5) is 22.3. The minimum atomic E-state index is -3.62. The van der Waals surface area contributed by atoms with E-state index in [1.54, 1.807) is 13.1 Å². The first-order valence-electron chi connectivity index (χ1n) is 13.2. The highest BCUT2D eigenvalue weighted by molar-refractivity contribution is 7.92. The summed E-state index contributed by atoms with van der Waals surface area (Å²) in [5.74, 6) is 0.365. The van der Waals surface area contributed by atoms with E-state index in [0.717, 1.165) is 28.3 Å². The third-order valence-corrected chi connectivity index (χ3v) is 8.26. The number of anilines is 4. The molecule has 1 amide bonds. The van der Waals surface area contributed by atoms with Crippen LogP contribution in [0.25, 0.3) is 11.3 Å². The Bertz CT molecular complexity index is 1610. The summed E-state index contributed by atoms with van der Waals surface area (Å²) in [7, 11) is -3.62. The van der Waals surface area contributed by atoms with Gasteiger partial charge in [-0.05, 0) is 74.0 Å². The van der Waals surface area contributed by atoms with Crippen molar-refractivity contribution in [3.63, 3.8) is 0 Å². The Morgan fingerprint density at radius 1 is 0.929 bits per heavy atom. The van der Waals surface area contributed by atoms with Crippen molar-refractivity contribution in [2.75, 3.05) is 41.7 Å². The number of nitrogens with zero attached hydrogens (tertiary/aromatic N) is 4. The number of carbonyl (C=O) groups is 1. The summed E-state index contributed by atoms with van der Waals surface area (Å²) in [5.41, 5.74) is 4.63. The van der Waals surface area contributed by atoms with Crippen LogP contribution in [-0.2, 0) is 14.8 Å². The second-order valence-electron chi connectivity index (χ2n) is 9.80. The quantitative estimate of drug-likeness (QED) is 0.206. The second-order valence-corrected chi connectivity index (χ2v) is 12.0. The molecule has 2 aromatic carbocycles. The van der Waals surface area contributed by atoms with Gasteiger partial charge < -0.3 is 20.6 Å². The number of halogens is 1. The summed E-state index contributed by atoms with van der Waals surface area (Å²) in [5, 5.41) is 16.7. The Kier molecular flexibility index (Phi) is 10.00. The molecule has 0 saturated carbocycles. The van der Waals surface area contributed by atoms with E-state index in [-0.39, 0.29) is 16.7 Å². The molecule has 0 atom stereocenters. The Morgan fingerprint density at radius 3 is 2.19 bits per heavy atom. The zero-order chi connectivity index (χ0) is 30.3. The monoisotopic (exact) mass is 608 g/mol. The van der Waals surface area contributed by atoms with Gasteiger partial charge in [-0.1, -0.05) is 23.7 Å². The maximum atomic E-state index is 12.9. The number of hydrogen-bond donors (Lipinski definition) is 3. The predicted molar refractivity (Wildman–Crippen MR) is 168 cm³/mol. The van der Waals surface area contributed by atoms with Crippen molar-refractivity contribution in [1.29, 1.82) is 0 Å². The van der Waals surface area contributed by atoms with Crippen molar-refractivity contribution < 1.29 is 18.3 Å². The lowest BCUT2D eigenvalue weighted by Crippen LogP contribution is -2.48. The zero-order valence-corrected chi connectivity index (χ0v) is 25.2. The fraction of sp³-hybridized carbons (Fsp3) is 0.233. The van der Waals surface area contributed by atoms with E-state index < -0.39 is 10.0 Å². The summed E-state index contributed by atoms with van der Waals surface area (Å²) < 4.78 is 27.2. The molecule has 0 bridgehead atoms. The van der Waals surface area contributed by atoms with E-state index in [1.165, 1.54) is 35.7 Å². The molecule has 220 valence electrons. The van der Waals surface area contributed by atoms with Gasteiger partial charge in [0, 0.05) is 72.4 Å². The first kappa shape index (κ1) is 30.8. The normalized spacial score (nSPS) is 15.4. The standard InChI is InChI=1S/C30H33ClN6O4S/c1-21(18-25(31)19-22(2)38)20-42(40,41)37-16-14-36(15-17-37)28-10-8-27(9-11-28)34-30-32-13-12-29(35-30)24-4-6-26(7-5-24)33-23(3)39/h4-13,18-20,38H,14-17H2,1-3H3,(H,33,39)(H,32,34,35)/b21-20+,22-19-,25-18+. The Morgan fingerprint density at radius 2 is 1.57 bits per heavy atom. The number of aliphatic hydroxyl groups is 1. The molecule has 10 nitrogen and oxygen atoms in total. The molecule has 1 aliphatic heterocycles. The highest BCUT2D eigenvalue weighted by Gasteiger charge is 2.25. The third-order valence-electron chi connectivity index (χ3n) is 6.29. The highest BCUT2D eigenvalue weighted by Crippen LogP contribution is 2.24. The molecule has 1 fully saturated rings. The summed E-state index contributed by atoms with van der Waals surface area (Å²) in [6, 6.07) is 17.1. The van der Waals surface area contributed by atoms with Crippen molar-refractivity contribution in [2.24, 2.45) is 0 Å². The highest BCUT2D eigenvalue weighted by atomic mass is 35.5. The third kappa shape index (κ3) is 8.65. The van der Waals surface area contributed by atoms with Crippen LogP contribution in [0.3, 0.4) is 0 Å². The minimum absolute atomic E-state index is 0.0394. The van der Waals surface area contributed by atoms with Gasteiger partial charge in [0.15, 0.2) is 0 Å². The largest absolute Gasteiger partial charge is 0.513 e. The molecule has 4 rings (SSSR count). The SMILES string of the molecule is CC(=O)Nc1ccc(-c2ccnc(Nc3ccc(N4CCN(S(=O)(=O)/C=C(C)/C=C(Cl)\C=C(\C)O)CC4)cc3)n2)cc1. The number of rotatable bonds is 9. The van der Waals surface area contributed by atoms with Crippen molar-refractivity contribution in [3.05, 3.63) is 94.7 Å². The molecule has 42 heavy (non-hydrogen) atoms. The number of benzene rings is 2. The molecule has 3 N–H and O–H groups in total. The van der Waals surface area contributed by atoms with Crippen LogP contribution >= 0.6 is 11.6 Å². The molecule has 0 spiro atoms. The first-order valence-corrected chi connectivity index (χ1v) is 15.1. The van der Waals surface area contributed by atoms with Crippen molar-refractivity contribution in [1.82, 2.24) is 14.3 Å². The number of sulfonamides is 1. The lowest BCUT2D eigenvalue weighted by atomic mass is 10.1. The molecule has 1 aromatic heterocycles. The van der Waals surface area contributed by atoms with Crippen LogP contribution in [0.5, 0.6) is 0 Å². The van der Waals surface area contributed by atoms with Crippen LogP contribution in [0.4, 0.5) is 23.0 Å². The molecule has 0 unspecified atom stereocenters. The first-order chi connectivity index (χ1) is 20.0. The Balaban J connectivity index is 1.35. The molecule has 1 saturated heterocycles. The van der Waals surface area contributed by atoms with Crippen LogP contribution in [0.1, 0.15) is 20.8 Å². The van der Waals surface area contributed by atoms with Gasteiger partial charge in [-0.15, -0.1) is 0 Å².